The van der Waals surface area contributed by atoms with Gasteiger partial charge in [0.25, 0.3) is 0 Å². The van der Waals surface area contributed by atoms with Gasteiger partial charge in [0, 0.05) is 33.4 Å². The molecule has 0 saturated carbocycles. The monoisotopic (exact) mass is 371 g/mol. The summed E-state index contributed by atoms with van der Waals surface area (Å²) in [4.78, 5) is 4.51. The average molecular weight is 371 g/mol. The van der Waals surface area contributed by atoms with Crippen LogP contribution in [0.4, 0.5) is 0 Å². The molecule has 0 amide bonds. The maximum Gasteiger partial charge on any atom is 0.191 e. The third-order valence-electron chi connectivity index (χ3n) is 2.69. The van der Waals surface area contributed by atoms with Gasteiger partial charge in [0.1, 0.15) is 0 Å². The topological polar surface area (TPSA) is 54.9 Å². The van der Waals surface area contributed by atoms with Gasteiger partial charge in [0.2, 0.25) is 0 Å². The Morgan fingerprint density at radius 2 is 2.28 bits per heavy atom. The van der Waals surface area contributed by atoms with E-state index in [1.54, 1.807) is 7.11 Å². The van der Waals surface area contributed by atoms with Gasteiger partial charge in [0.15, 0.2) is 5.96 Å². The Labute approximate surface area is 127 Å². The van der Waals surface area contributed by atoms with E-state index in [1.165, 1.54) is 12.8 Å². The molecule has 2 N–H and O–H groups in total. The van der Waals surface area contributed by atoms with Crippen molar-refractivity contribution >= 4 is 29.9 Å². The highest BCUT2D eigenvalue weighted by atomic mass is 127. The lowest BCUT2D eigenvalue weighted by atomic mass is 10.2. The fourth-order valence-corrected chi connectivity index (χ4v) is 1.81. The minimum absolute atomic E-state index is 0. The minimum Gasteiger partial charge on any atom is -0.383 e. The number of nitrogens with one attached hydrogen (secondary N) is 2. The molecule has 18 heavy (non-hydrogen) atoms. The van der Waals surface area contributed by atoms with Crippen molar-refractivity contribution in [1.29, 1.82) is 0 Å². The fourth-order valence-electron chi connectivity index (χ4n) is 1.81. The molecular formula is C12H26IN3O2. The van der Waals surface area contributed by atoms with Crippen LogP contribution in [0.3, 0.4) is 0 Å². The quantitative estimate of drug-likeness (QED) is 0.307. The van der Waals surface area contributed by atoms with E-state index in [9.17, 15) is 0 Å². The van der Waals surface area contributed by atoms with Crippen LogP contribution >= 0.6 is 24.0 Å². The van der Waals surface area contributed by atoms with Crippen LogP contribution in [0.25, 0.3) is 0 Å². The van der Waals surface area contributed by atoms with Crippen molar-refractivity contribution < 1.29 is 9.47 Å². The van der Waals surface area contributed by atoms with Crippen LogP contribution in [0, 0.1) is 0 Å². The Bertz CT molecular complexity index is 221. The largest absolute Gasteiger partial charge is 0.383 e. The number of hydrogen-bond donors (Lipinski definition) is 2. The maximum atomic E-state index is 5.56. The SMILES string of the molecule is CCNC(=NCCC1CCCO1)NCCOC.I. The number of rotatable bonds is 7. The second-order valence-electron chi connectivity index (χ2n) is 4.10. The lowest BCUT2D eigenvalue weighted by Crippen LogP contribution is -2.39. The van der Waals surface area contributed by atoms with Crippen LogP contribution < -0.4 is 10.6 Å². The van der Waals surface area contributed by atoms with Gasteiger partial charge in [-0.05, 0) is 26.2 Å². The number of halogens is 1. The predicted molar refractivity (Wildman–Crippen MR) is 84.9 cm³/mol. The molecule has 5 nitrogen and oxygen atoms in total. The van der Waals surface area contributed by atoms with Crippen LogP contribution in [0.1, 0.15) is 26.2 Å². The van der Waals surface area contributed by atoms with Crippen LogP contribution in [0.15, 0.2) is 4.99 Å². The molecule has 1 heterocycles. The van der Waals surface area contributed by atoms with Crippen molar-refractivity contribution in [2.75, 3.05) is 40.0 Å². The van der Waals surface area contributed by atoms with Gasteiger partial charge < -0.3 is 20.1 Å². The maximum absolute atomic E-state index is 5.56. The molecule has 1 aliphatic rings. The van der Waals surface area contributed by atoms with Gasteiger partial charge in [-0.15, -0.1) is 24.0 Å². The first kappa shape index (κ1) is 17.9. The number of ether oxygens (including phenoxy) is 2. The van der Waals surface area contributed by atoms with Crippen molar-refractivity contribution in [3.05, 3.63) is 0 Å². The molecule has 1 aliphatic heterocycles. The Morgan fingerprint density at radius 3 is 2.89 bits per heavy atom. The average Bonchev–Trinajstić information content (AvgIpc) is 2.82. The van der Waals surface area contributed by atoms with Crippen LogP contribution in [0.5, 0.6) is 0 Å². The van der Waals surface area contributed by atoms with Gasteiger partial charge in [-0.25, -0.2) is 0 Å². The summed E-state index contributed by atoms with van der Waals surface area (Å²) >= 11 is 0. The van der Waals surface area contributed by atoms with E-state index in [-0.39, 0.29) is 24.0 Å². The standard InChI is InChI=1S/C12H25N3O2.HI/c1-3-13-12(15-8-10-16-2)14-7-6-11-5-4-9-17-11;/h11H,3-10H2,1-2H3,(H2,13,14,15);1H. The normalized spacial score (nSPS) is 19.4. The molecule has 0 aromatic heterocycles. The van der Waals surface area contributed by atoms with Gasteiger partial charge in [-0.2, -0.15) is 0 Å². The third kappa shape index (κ3) is 8.10. The summed E-state index contributed by atoms with van der Waals surface area (Å²) < 4.78 is 10.6. The molecule has 1 fully saturated rings. The van der Waals surface area contributed by atoms with Crippen molar-refractivity contribution in [3.8, 4) is 0 Å². The second kappa shape index (κ2) is 12.0. The summed E-state index contributed by atoms with van der Waals surface area (Å²) in [6.45, 7) is 6.14. The molecular weight excluding hydrogens is 345 g/mol. The number of methoxy groups -OCH3 is 1. The lowest BCUT2D eigenvalue weighted by Gasteiger charge is -2.11. The van der Waals surface area contributed by atoms with E-state index >= 15 is 0 Å². The van der Waals surface area contributed by atoms with E-state index in [4.69, 9.17) is 9.47 Å². The zero-order valence-corrected chi connectivity index (χ0v) is 13.7. The molecule has 0 radical (unpaired) electrons. The third-order valence-corrected chi connectivity index (χ3v) is 2.69. The van der Waals surface area contributed by atoms with Crippen molar-refractivity contribution in [3.63, 3.8) is 0 Å². The predicted octanol–water partition coefficient (Wildman–Crippen LogP) is 1.37. The van der Waals surface area contributed by atoms with Crippen LogP contribution in [0.2, 0.25) is 0 Å². The van der Waals surface area contributed by atoms with Crippen LogP contribution in [-0.4, -0.2) is 52.0 Å². The molecule has 1 unspecified atom stereocenters. The molecule has 1 saturated heterocycles. The Hall–Kier alpha value is -0.0800. The first-order valence-corrected chi connectivity index (χ1v) is 6.49. The highest BCUT2D eigenvalue weighted by Gasteiger charge is 2.14. The zero-order chi connectivity index (χ0) is 12.3. The molecule has 0 aromatic rings. The molecule has 1 rings (SSSR count). The van der Waals surface area contributed by atoms with Crippen molar-refractivity contribution in [2.45, 2.75) is 32.3 Å². The molecule has 0 aliphatic carbocycles. The van der Waals surface area contributed by atoms with E-state index in [0.29, 0.717) is 12.7 Å². The van der Waals surface area contributed by atoms with Crippen molar-refractivity contribution in [2.24, 2.45) is 4.99 Å². The van der Waals surface area contributed by atoms with E-state index in [0.717, 1.165) is 38.6 Å². The van der Waals surface area contributed by atoms with Gasteiger partial charge in [-0.3, -0.25) is 4.99 Å². The highest BCUT2D eigenvalue weighted by molar-refractivity contribution is 14.0. The smallest absolute Gasteiger partial charge is 0.191 e. The summed E-state index contributed by atoms with van der Waals surface area (Å²) in [6, 6.07) is 0. The number of nitrogens with zero attached hydrogens (tertiary/aromatic N) is 1. The molecule has 0 spiro atoms. The summed E-state index contributed by atoms with van der Waals surface area (Å²) in [5.41, 5.74) is 0. The number of guanidine groups is 1. The second-order valence-corrected chi connectivity index (χ2v) is 4.10. The molecule has 0 bridgehead atoms. The minimum atomic E-state index is 0. The molecule has 108 valence electrons. The summed E-state index contributed by atoms with van der Waals surface area (Å²) in [5, 5.41) is 6.43. The number of hydrogen-bond acceptors (Lipinski definition) is 3. The molecule has 1 atom stereocenters. The Morgan fingerprint density at radius 1 is 1.44 bits per heavy atom. The van der Waals surface area contributed by atoms with Crippen LogP contribution in [-0.2, 0) is 9.47 Å². The first-order chi connectivity index (χ1) is 8.36. The van der Waals surface area contributed by atoms with E-state index in [2.05, 4.69) is 22.5 Å². The zero-order valence-electron chi connectivity index (χ0n) is 11.4. The summed E-state index contributed by atoms with van der Waals surface area (Å²) in [7, 11) is 1.70. The highest BCUT2D eigenvalue weighted by Crippen LogP contribution is 2.14. The summed E-state index contributed by atoms with van der Waals surface area (Å²) in [5.74, 6) is 0.863. The number of aliphatic imine (C=N–C) groups is 1. The van der Waals surface area contributed by atoms with E-state index < -0.39 is 0 Å². The molecule has 6 heteroatoms. The summed E-state index contributed by atoms with van der Waals surface area (Å²) in [6.07, 6.45) is 3.81. The Kier molecular flexibility index (Phi) is 11.9. The molecule has 0 aromatic carbocycles. The first-order valence-electron chi connectivity index (χ1n) is 6.49. The Balaban J connectivity index is 0.00000289. The van der Waals surface area contributed by atoms with Gasteiger partial charge in [-0.1, -0.05) is 0 Å². The van der Waals surface area contributed by atoms with Crippen molar-refractivity contribution in [1.82, 2.24) is 10.6 Å². The fraction of sp³-hybridized carbons (Fsp3) is 0.917. The van der Waals surface area contributed by atoms with Gasteiger partial charge >= 0.3 is 0 Å². The lowest BCUT2D eigenvalue weighted by molar-refractivity contribution is 0.106. The van der Waals surface area contributed by atoms with E-state index in [1.807, 2.05) is 0 Å². The van der Waals surface area contributed by atoms with Gasteiger partial charge in [0.05, 0.1) is 12.7 Å².